The average Bonchev–Trinajstić information content (AvgIpc) is 2.38. The predicted octanol–water partition coefficient (Wildman–Crippen LogP) is 2.45. The smallest absolute Gasteiger partial charge is 0.223 e. The summed E-state index contributed by atoms with van der Waals surface area (Å²) in [5.41, 5.74) is 6.28. The monoisotopic (exact) mass is 264 g/mol. The zero-order valence-corrected chi connectivity index (χ0v) is 12.0. The Bertz CT molecular complexity index is 388. The summed E-state index contributed by atoms with van der Waals surface area (Å²) in [4.78, 5) is 11.6. The van der Waals surface area contributed by atoms with Gasteiger partial charge in [0.15, 0.2) is 0 Å². The minimum absolute atomic E-state index is 0.0305. The lowest BCUT2D eigenvalue weighted by molar-refractivity contribution is -0.121. The van der Waals surface area contributed by atoms with Crippen molar-refractivity contribution in [1.82, 2.24) is 5.32 Å². The van der Waals surface area contributed by atoms with E-state index < -0.39 is 0 Å². The number of nitrogen functional groups attached to an aromatic ring is 1. The lowest BCUT2D eigenvalue weighted by Gasteiger charge is -2.16. The summed E-state index contributed by atoms with van der Waals surface area (Å²) in [5.74, 6) is 1.83. The van der Waals surface area contributed by atoms with E-state index >= 15 is 0 Å². The van der Waals surface area contributed by atoms with Gasteiger partial charge < -0.3 is 15.8 Å². The molecule has 1 rings (SSSR count). The minimum atomic E-state index is 0.0305. The van der Waals surface area contributed by atoms with Crippen molar-refractivity contribution in [3.8, 4) is 5.75 Å². The van der Waals surface area contributed by atoms with E-state index in [0.29, 0.717) is 30.6 Å². The highest BCUT2D eigenvalue weighted by Gasteiger charge is 2.08. The van der Waals surface area contributed by atoms with E-state index in [1.807, 2.05) is 0 Å². The highest BCUT2D eigenvalue weighted by molar-refractivity contribution is 5.75. The molecule has 4 nitrogen and oxygen atoms in total. The molecule has 0 heterocycles. The Hall–Kier alpha value is -1.71. The molecule has 0 aliphatic heterocycles. The molecular weight excluding hydrogens is 240 g/mol. The number of hydrogen-bond acceptors (Lipinski definition) is 3. The Morgan fingerprint density at radius 1 is 1.26 bits per heavy atom. The van der Waals surface area contributed by atoms with Gasteiger partial charge in [0.05, 0.1) is 13.0 Å². The Kier molecular flexibility index (Phi) is 6.19. The fourth-order valence-corrected chi connectivity index (χ4v) is 1.42. The summed E-state index contributed by atoms with van der Waals surface area (Å²) in [7, 11) is 0. The van der Waals surface area contributed by atoms with Gasteiger partial charge in [0.2, 0.25) is 5.91 Å². The Morgan fingerprint density at radius 2 is 1.89 bits per heavy atom. The molecular formula is C15H24N2O2. The lowest BCUT2D eigenvalue weighted by Crippen LogP contribution is -2.30. The highest BCUT2D eigenvalue weighted by atomic mass is 16.5. The standard InChI is InChI=1S/C15H24N2O2/c1-11(2)12(3)10-17-15(18)8-9-19-14-6-4-13(16)5-7-14/h4-7,11-12H,8-10,16H2,1-3H3,(H,17,18). The largest absolute Gasteiger partial charge is 0.493 e. The number of ether oxygens (including phenoxy) is 1. The Balaban J connectivity index is 2.18. The van der Waals surface area contributed by atoms with E-state index in [0.717, 1.165) is 12.3 Å². The molecule has 0 radical (unpaired) electrons. The topological polar surface area (TPSA) is 64.3 Å². The number of benzene rings is 1. The van der Waals surface area contributed by atoms with Crippen molar-refractivity contribution in [1.29, 1.82) is 0 Å². The van der Waals surface area contributed by atoms with Crippen LogP contribution < -0.4 is 15.8 Å². The summed E-state index contributed by atoms with van der Waals surface area (Å²) in [6.07, 6.45) is 0.370. The van der Waals surface area contributed by atoms with Crippen LogP contribution in [0.25, 0.3) is 0 Å². The molecule has 1 unspecified atom stereocenters. The maximum atomic E-state index is 11.6. The van der Waals surface area contributed by atoms with Crippen molar-refractivity contribution in [3.05, 3.63) is 24.3 Å². The Morgan fingerprint density at radius 3 is 2.47 bits per heavy atom. The molecule has 0 saturated carbocycles. The first-order valence-corrected chi connectivity index (χ1v) is 6.74. The lowest BCUT2D eigenvalue weighted by atomic mass is 9.98. The first-order chi connectivity index (χ1) is 8.99. The number of rotatable bonds is 7. The highest BCUT2D eigenvalue weighted by Crippen LogP contribution is 2.13. The van der Waals surface area contributed by atoms with E-state index in [-0.39, 0.29) is 5.91 Å². The third-order valence-electron chi connectivity index (χ3n) is 3.24. The fraction of sp³-hybridized carbons (Fsp3) is 0.533. The summed E-state index contributed by atoms with van der Waals surface area (Å²) >= 11 is 0. The zero-order valence-electron chi connectivity index (χ0n) is 12.0. The van der Waals surface area contributed by atoms with Crippen LogP contribution in [0.5, 0.6) is 5.75 Å². The molecule has 0 spiro atoms. The number of amides is 1. The second-order valence-corrected chi connectivity index (χ2v) is 5.19. The molecule has 19 heavy (non-hydrogen) atoms. The molecule has 106 valence electrons. The van der Waals surface area contributed by atoms with E-state index in [1.54, 1.807) is 24.3 Å². The quantitative estimate of drug-likeness (QED) is 0.743. The van der Waals surface area contributed by atoms with E-state index in [2.05, 4.69) is 26.1 Å². The number of anilines is 1. The molecule has 1 atom stereocenters. The van der Waals surface area contributed by atoms with Crippen LogP contribution in [0.3, 0.4) is 0 Å². The molecule has 4 heteroatoms. The van der Waals surface area contributed by atoms with Gasteiger partial charge in [-0.2, -0.15) is 0 Å². The molecule has 0 aromatic heterocycles. The normalized spacial score (nSPS) is 12.2. The van der Waals surface area contributed by atoms with Crippen LogP contribution in [0.2, 0.25) is 0 Å². The van der Waals surface area contributed by atoms with Crippen LogP contribution in [0.4, 0.5) is 5.69 Å². The average molecular weight is 264 g/mol. The SMILES string of the molecule is CC(C)C(C)CNC(=O)CCOc1ccc(N)cc1. The van der Waals surface area contributed by atoms with Crippen LogP contribution in [-0.4, -0.2) is 19.1 Å². The van der Waals surface area contributed by atoms with Crippen molar-refractivity contribution in [2.75, 3.05) is 18.9 Å². The number of carbonyl (C=O) groups excluding carboxylic acids is 1. The fourth-order valence-electron chi connectivity index (χ4n) is 1.42. The van der Waals surface area contributed by atoms with Crippen LogP contribution in [0, 0.1) is 11.8 Å². The number of hydrogen-bond donors (Lipinski definition) is 2. The molecule has 0 bridgehead atoms. The van der Waals surface area contributed by atoms with Crippen LogP contribution in [0.15, 0.2) is 24.3 Å². The Labute approximate surface area is 115 Å². The van der Waals surface area contributed by atoms with Gasteiger partial charge in [0.1, 0.15) is 5.75 Å². The van der Waals surface area contributed by atoms with Crippen molar-refractivity contribution < 1.29 is 9.53 Å². The second kappa shape index (κ2) is 7.67. The maximum Gasteiger partial charge on any atom is 0.223 e. The van der Waals surface area contributed by atoms with Gasteiger partial charge in [-0.25, -0.2) is 0 Å². The third kappa shape index (κ3) is 6.13. The number of carbonyl (C=O) groups is 1. The molecule has 0 aliphatic rings. The molecule has 0 saturated heterocycles. The summed E-state index contributed by atoms with van der Waals surface area (Å²) in [6.45, 7) is 7.54. The number of nitrogens with two attached hydrogens (primary N) is 1. The summed E-state index contributed by atoms with van der Waals surface area (Å²) < 4.78 is 5.47. The van der Waals surface area contributed by atoms with E-state index in [4.69, 9.17) is 10.5 Å². The van der Waals surface area contributed by atoms with Gasteiger partial charge in [0, 0.05) is 12.2 Å². The van der Waals surface area contributed by atoms with Crippen molar-refractivity contribution in [3.63, 3.8) is 0 Å². The second-order valence-electron chi connectivity index (χ2n) is 5.19. The van der Waals surface area contributed by atoms with Crippen LogP contribution in [0.1, 0.15) is 27.2 Å². The third-order valence-corrected chi connectivity index (χ3v) is 3.24. The predicted molar refractivity (Wildman–Crippen MR) is 78.0 cm³/mol. The van der Waals surface area contributed by atoms with Gasteiger partial charge >= 0.3 is 0 Å². The van der Waals surface area contributed by atoms with Crippen molar-refractivity contribution in [2.24, 2.45) is 11.8 Å². The molecule has 1 aromatic rings. The van der Waals surface area contributed by atoms with E-state index in [9.17, 15) is 4.79 Å². The number of nitrogens with one attached hydrogen (secondary N) is 1. The van der Waals surface area contributed by atoms with Crippen molar-refractivity contribution >= 4 is 11.6 Å². The molecule has 0 aliphatic carbocycles. The molecule has 0 fully saturated rings. The zero-order chi connectivity index (χ0) is 14.3. The van der Waals surface area contributed by atoms with Gasteiger partial charge in [-0.3, -0.25) is 4.79 Å². The first kappa shape index (κ1) is 15.3. The van der Waals surface area contributed by atoms with Crippen molar-refractivity contribution in [2.45, 2.75) is 27.2 Å². The molecule has 1 aromatic carbocycles. The maximum absolute atomic E-state index is 11.6. The first-order valence-electron chi connectivity index (χ1n) is 6.74. The summed E-state index contributed by atoms with van der Waals surface area (Å²) in [6, 6.07) is 7.15. The van der Waals surface area contributed by atoms with Gasteiger partial charge in [-0.05, 0) is 36.1 Å². The van der Waals surface area contributed by atoms with Crippen LogP contribution in [-0.2, 0) is 4.79 Å². The van der Waals surface area contributed by atoms with Gasteiger partial charge in [-0.1, -0.05) is 20.8 Å². The van der Waals surface area contributed by atoms with Crippen LogP contribution >= 0.6 is 0 Å². The molecule has 1 amide bonds. The van der Waals surface area contributed by atoms with Gasteiger partial charge in [-0.15, -0.1) is 0 Å². The minimum Gasteiger partial charge on any atom is -0.493 e. The summed E-state index contributed by atoms with van der Waals surface area (Å²) in [5, 5.41) is 2.92. The van der Waals surface area contributed by atoms with E-state index in [1.165, 1.54) is 0 Å². The molecule has 3 N–H and O–H groups in total. The van der Waals surface area contributed by atoms with Gasteiger partial charge in [0.25, 0.3) is 0 Å².